The van der Waals surface area contributed by atoms with E-state index in [9.17, 15) is 9.59 Å². The molecule has 1 unspecified atom stereocenters. The SMILES string of the molecule is COc1ccc(C2(C)NC(=O)N(CCOc3cccc(Br)c3)C2=O)cc1. The van der Waals surface area contributed by atoms with Crippen molar-refractivity contribution in [2.24, 2.45) is 0 Å². The van der Waals surface area contributed by atoms with Crippen LogP contribution in [0.4, 0.5) is 4.79 Å². The van der Waals surface area contributed by atoms with Gasteiger partial charge in [0.2, 0.25) is 0 Å². The van der Waals surface area contributed by atoms with Gasteiger partial charge in [0.1, 0.15) is 23.6 Å². The summed E-state index contributed by atoms with van der Waals surface area (Å²) in [7, 11) is 1.58. The molecule has 2 aromatic rings. The highest BCUT2D eigenvalue weighted by molar-refractivity contribution is 9.10. The number of ether oxygens (including phenoxy) is 2. The number of imide groups is 1. The Labute approximate surface area is 160 Å². The molecule has 136 valence electrons. The predicted octanol–water partition coefficient (Wildman–Crippen LogP) is 3.30. The van der Waals surface area contributed by atoms with Gasteiger partial charge in [-0.1, -0.05) is 34.1 Å². The van der Waals surface area contributed by atoms with Gasteiger partial charge in [0.25, 0.3) is 5.91 Å². The minimum Gasteiger partial charge on any atom is -0.497 e. The number of hydrogen-bond acceptors (Lipinski definition) is 4. The van der Waals surface area contributed by atoms with Crippen LogP contribution in [-0.4, -0.2) is 37.1 Å². The Hall–Kier alpha value is -2.54. The lowest BCUT2D eigenvalue weighted by atomic mass is 9.92. The van der Waals surface area contributed by atoms with E-state index < -0.39 is 11.6 Å². The number of benzene rings is 2. The van der Waals surface area contributed by atoms with Crippen molar-refractivity contribution >= 4 is 27.9 Å². The molecular formula is C19H19BrN2O4. The third-order valence-corrected chi connectivity index (χ3v) is 4.82. The van der Waals surface area contributed by atoms with Crippen molar-refractivity contribution in [3.63, 3.8) is 0 Å². The topological polar surface area (TPSA) is 67.9 Å². The molecular weight excluding hydrogens is 400 g/mol. The van der Waals surface area contributed by atoms with Crippen LogP contribution >= 0.6 is 15.9 Å². The molecule has 0 bridgehead atoms. The summed E-state index contributed by atoms with van der Waals surface area (Å²) >= 11 is 3.37. The minimum absolute atomic E-state index is 0.170. The van der Waals surface area contributed by atoms with E-state index in [0.29, 0.717) is 17.1 Å². The third-order valence-electron chi connectivity index (χ3n) is 4.32. The van der Waals surface area contributed by atoms with Gasteiger partial charge in [-0.2, -0.15) is 0 Å². The van der Waals surface area contributed by atoms with E-state index in [-0.39, 0.29) is 19.1 Å². The molecule has 3 amide bonds. The van der Waals surface area contributed by atoms with Gasteiger partial charge in [0, 0.05) is 4.47 Å². The number of carbonyl (C=O) groups is 2. The van der Waals surface area contributed by atoms with Crippen LogP contribution in [0.5, 0.6) is 11.5 Å². The van der Waals surface area contributed by atoms with Gasteiger partial charge >= 0.3 is 6.03 Å². The second-order valence-electron chi connectivity index (χ2n) is 6.05. The van der Waals surface area contributed by atoms with Crippen LogP contribution < -0.4 is 14.8 Å². The van der Waals surface area contributed by atoms with Crippen LogP contribution in [-0.2, 0) is 10.3 Å². The molecule has 1 atom stereocenters. The summed E-state index contributed by atoms with van der Waals surface area (Å²) in [5.74, 6) is 1.06. The van der Waals surface area contributed by atoms with E-state index in [1.54, 1.807) is 38.3 Å². The van der Waals surface area contributed by atoms with Crippen LogP contribution in [0.1, 0.15) is 12.5 Å². The Morgan fingerprint density at radius 3 is 2.50 bits per heavy atom. The van der Waals surface area contributed by atoms with Crippen LogP contribution in [0.3, 0.4) is 0 Å². The van der Waals surface area contributed by atoms with Crippen molar-refractivity contribution < 1.29 is 19.1 Å². The van der Waals surface area contributed by atoms with Crippen LogP contribution in [0.2, 0.25) is 0 Å². The van der Waals surface area contributed by atoms with Crippen molar-refractivity contribution in [3.05, 3.63) is 58.6 Å². The predicted molar refractivity (Wildman–Crippen MR) is 100 cm³/mol. The molecule has 0 radical (unpaired) electrons. The van der Waals surface area contributed by atoms with Crippen LogP contribution in [0.25, 0.3) is 0 Å². The highest BCUT2D eigenvalue weighted by atomic mass is 79.9. The lowest BCUT2D eigenvalue weighted by molar-refractivity contribution is -0.131. The normalized spacial score (nSPS) is 19.4. The number of nitrogens with zero attached hydrogens (tertiary/aromatic N) is 1. The zero-order valence-electron chi connectivity index (χ0n) is 14.5. The Balaban J connectivity index is 1.67. The molecule has 1 N–H and O–H groups in total. The van der Waals surface area contributed by atoms with Gasteiger partial charge in [-0.05, 0) is 42.8 Å². The first-order valence-electron chi connectivity index (χ1n) is 8.11. The number of nitrogens with one attached hydrogen (secondary N) is 1. The van der Waals surface area contributed by atoms with E-state index in [2.05, 4.69) is 21.2 Å². The van der Waals surface area contributed by atoms with Gasteiger partial charge in [0.15, 0.2) is 0 Å². The van der Waals surface area contributed by atoms with E-state index in [1.807, 2.05) is 24.3 Å². The number of halogens is 1. The summed E-state index contributed by atoms with van der Waals surface area (Å²) in [6, 6.07) is 14.0. The molecule has 0 spiro atoms. The van der Waals surface area contributed by atoms with Gasteiger partial charge < -0.3 is 14.8 Å². The molecule has 1 aliphatic heterocycles. The second kappa shape index (κ2) is 7.37. The number of amides is 3. The molecule has 1 fully saturated rings. The monoisotopic (exact) mass is 418 g/mol. The van der Waals surface area contributed by atoms with E-state index in [1.165, 1.54) is 4.90 Å². The highest BCUT2D eigenvalue weighted by Gasteiger charge is 2.48. The van der Waals surface area contributed by atoms with Gasteiger partial charge in [-0.25, -0.2) is 4.79 Å². The summed E-state index contributed by atoms with van der Waals surface area (Å²) in [5.41, 5.74) is -0.397. The summed E-state index contributed by atoms with van der Waals surface area (Å²) in [6.07, 6.45) is 0. The van der Waals surface area contributed by atoms with Crippen molar-refractivity contribution in [2.45, 2.75) is 12.5 Å². The molecule has 0 saturated carbocycles. The number of carbonyl (C=O) groups excluding carboxylic acids is 2. The van der Waals surface area contributed by atoms with Crippen molar-refractivity contribution in [1.82, 2.24) is 10.2 Å². The molecule has 3 rings (SSSR count). The smallest absolute Gasteiger partial charge is 0.325 e. The molecule has 2 aromatic carbocycles. The number of urea groups is 1. The molecule has 1 heterocycles. The average Bonchev–Trinajstić information content (AvgIpc) is 2.86. The van der Waals surface area contributed by atoms with Gasteiger partial charge in [-0.15, -0.1) is 0 Å². The fourth-order valence-electron chi connectivity index (χ4n) is 2.83. The number of hydrogen-bond donors (Lipinski definition) is 1. The molecule has 6 nitrogen and oxygen atoms in total. The van der Waals surface area contributed by atoms with Crippen LogP contribution in [0, 0.1) is 0 Å². The summed E-state index contributed by atoms with van der Waals surface area (Å²) in [5, 5.41) is 2.78. The quantitative estimate of drug-likeness (QED) is 0.730. The van der Waals surface area contributed by atoms with E-state index in [4.69, 9.17) is 9.47 Å². The van der Waals surface area contributed by atoms with Gasteiger partial charge in [-0.3, -0.25) is 9.69 Å². The minimum atomic E-state index is -1.10. The van der Waals surface area contributed by atoms with Crippen molar-refractivity contribution in [3.8, 4) is 11.5 Å². The molecule has 1 aliphatic rings. The second-order valence-corrected chi connectivity index (χ2v) is 6.96. The third kappa shape index (κ3) is 3.53. The van der Waals surface area contributed by atoms with Gasteiger partial charge in [0.05, 0.1) is 13.7 Å². The Morgan fingerprint density at radius 2 is 1.85 bits per heavy atom. The molecule has 1 saturated heterocycles. The first-order valence-corrected chi connectivity index (χ1v) is 8.90. The fraction of sp³-hybridized carbons (Fsp3) is 0.263. The average molecular weight is 419 g/mol. The standard InChI is InChI=1S/C19H19BrN2O4/c1-19(13-6-8-15(25-2)9-7-13)17(23)22(18(24)21-19)10-11-26-16-5-3-4-14(20)12-16/h3-9,12H,10-11H2,1-2H3,(H,21,24). The Kier molecular flexibility index (Phi) is 5.18. The fourth-order valence-corrected chi connectivity index (χ4v) is 3.21. The Morgan fingerprint density at radius 1 is 1.12 bits per heavy atom. The maximum atomic E-state index is 12.8. The zero-order valence-corrected chi connectivity index (χ0v) is 16.1. The molecule has 26 heavy (non-hydrogen) atoms. The summed E-state index contributed by atoms with van der Waals surface area (Å²) < 4.78 is 11.7. The highest BCUT2D eigenvalue weighted by Crippen LogP contribution is 2.30. The van der Waals surface area contributed by atoms with E-state index in [0.717, 1.165) is 4.47 Å². The first-order chi connectivity index (χ1) is 12.4. The van der Waals surface area contributed by atoms with E-state index >= 15 is 0 Å². The summed E-state index contributed by atoms with van der Waals surface area (Å²) in [6.45, 7) is 2.08. The van der Waals surface area contributed by atoms with Crippen molar-refractivity contribution in [1.29, 1.82) is 0 Å². The lowest BCUT2D eigenvalue weighted by Gasteiger charge is -2.22. The summed E-state index contributed by atoms with van der Waals surface area (Å²) in [4.78, 5) is 26.3. The number of methoxy groups -OCH3 is 1. The largest absolute Gasteiger partial charge is 0.497 e. The first kappa shape index (κ1) is 18.3. The maximum absolute atomic E-state index is 12.8. The lowest BCUT2D eigenvalue weighted by Crippen LogP contribution is -2.41. The zero-order chi connectivity index (χ0) is 18.7. The van der Waals surface area contributed by atoms with Crippen molar-refractivity contribution in [2.75, 3.05) is 20.3 Å². The maximum Gasteiger partial charge on any atom is 0.325 e. The molecule has 0 aromatic heterocycles. The number of rotatable bonds is 6. The molecule has 7 heteroatoms. The molecule has 0 aliphatic carbocycles. The Bertz CT molecular complexity index is 825. The van der Waals surface area contributed by atoms with Crippen LogP contribution in [0.15, 0.2) is 53.0 Å².